The van der Waals surface area contributed by atoms with E-state index in [4.69, 9.17) is 4.74 Å². The van der Waals surface area contributed by atoms with Crippen molar-refractivity contribution < 1.29 is 4.74 Å². The maximum absolute atomic E-state index is 5.77. The van der Waals surface area contributed by atoms with E-state index in [0.29, 0.717) is 6.04 Å². The Morgan fingerprint density at radius 3 is 3.00 bits per heavy atom. The van der Waals surface area contributed by atoms with Crippen LogP contribution in [-0.2, 0) is 0 Å². The number of hydrogen-bond acceptors (Lipinski definition) is 3. The number of para-hydroxylation sites is 1. The van der Waals surface area contributed by atoms with Crippen molar-refractivity contribution in [1.82, 2.24) is 10.3 Å². The molecule has 3 rings (SSSR count). The highest BCUT2D eigenvalue weighted by atomic mass is 16.5. The van der Waals surface area contributed by atoms with Crippen LogP contribution in [0.4, 0.5) is 0 Å². The quantitative estimate of drug-likeness (QED) is 0.912. The van der Waals surface area contributed by atoms with Gasteiger partial charge in [0.1, 0.15) is 0 Å². The van der Waals surface area contributed by atoms with Crippen LogP contribution in [0, 0.1) is 0 Å². The SMILES string of the molecule is c1ccc2nc(OCCC3CCCCN3)ccc2c1. The second-order valence-corrected chi connectivity index (χ2v) is 5.13. The van der Waals surface area contributed by atoms with E-state index >= 15 is 0 Å². The molecule has 19 heavy (non-hydrogen) atoms. The molecule has 100 valence electrons. The number of nitrogens with one attached hydrogen (secondary N) is 1. The molecule has 1 atom stereocenters. The van der Waals surface area contributed by atoms with Gasteiger partial charge in [-0.25, -0.2) is 4.98 Å². The lowest BCUT2D eigenvalue weighted by molar-refractivity contribution is 0.261. The summed E-state index contributed by atoms with van der Waals surface area (Å²) in [6, 6.07) is 12.8. The fourth-order valence-corrected chi connectivity index (χ4v) is 2.60. The second-order valence-electron chi connectivity index (χ2n) is 5.13. The van der Waals surface area contributed by atoms with Crippen molar-refractivity contribution in [2.24, 2.45) is 0 Å². The summed E-state index contributed by atoms with van der Waals surface area (Å²) < 4.78 is 5.77. The molecule has 0 radical (unpaired) electrons. The predicted octanol–water partition coefficient (Wildman–Crippen LogP) is 3.15. The van der Waals surface area contributed by atoms with E-state index in [9.17, 15) is 0 Å². The van der Waals surface area contributed by atoms with Gasteiger partial charge >= 0.3 is 0 Å². The molecule has 1 aromatic heterocycles. The van der Waals surface area contributed by atoms with E-state index in [2.05, 4.69) is 22.4 Å². The van der Waals surface area contributed by atoms with Gasteiger partial charge in [-0.05, 0) is 37.9 Å². The number of aromatic nitrogens is 1. The molecule has 1 unspecified atom stereocenters. The third kappa shape index (κ3) is 3.24. The van der Waals surface area contributed by atoms with E-state index in [1.807, 2.05) is 24.3 Å². The van der Waals surface area contributed by atoms with E-state index < -0.39 is 0 Å². The number of ether oxygens (including phenoxy) is 1. The van der Waals surface area contributed by atoms with Gasteiger partial charge in [-0.15, -0.1) is 0 Å². The van der Waals surface area contributed by atoms with Gasteiger partial charge in [0.05, 0.1) is 12.1 Å². The fraction of sp³-hybridized carbons (Fsp3) is 0.438. The zero-order valence-electron chi connectivity index (χ0n) is 11.1. The molecule has 1 aliphatic heterocycles. The van der Waals surface area contributed by atoms with Crippen LogP contribution in [0.1, 0.15) is 25.7 Å². The van der Waals surface area contributed by atoms with Crippen LogP contribution in [0.5, 0.6) is 5.88 Å². The summed E-state index contributed by atoms with van der Waals surface area (Å²) in [6.07, 6.45) is 4.98. The highest BCUT2D eigenvalue weighted by molar-refractivity contribution is 5.78. The van der Waals surface area contributed by atoms with E-state index in [-0.39, 0.29) is 0 Å². The maximum Gasteiger partial charge on any atom is 0.213 e. The molecule has 0 aliphatic carbocycles. The van der Waals surface area contributed by atoms with Gasteiger partial charge in [-0.3, -0.25) is 0 Å². The first-order valence-electron chi connectivity index (χ1n) is 7.14. The first kappa shape index (κ1) is 12.4. The molecule has 0 saturated carbocycles. The topological polar surface area (TPSA) is 34.1 Å². The van der Waals surface area contributed by atoms with Crippen LogP contribution in [0.2, 0.25) is 0 Å². The number of fused-ring (bicyclic) bond motifs is 1. The number of piperidine rings is 1. The number of nitrogens with zero attached hydrogens (tertiary/aromatic N) is 1. The van der Waals surface area contributed by atoms with Crippen LogP contribution in [0.25, 0.3) is 10.9 Å². The molecular weight excluding hydrogens is 236 g/mol. The van der Waals surface area contributed by atoms with Crippen LogP contribution in [-0.4, -0.2) is 24.2 Å². The zero-order chi connectivity index (χ0) is 12.9. The first-order chi connectivity index (χ1) is 9.42. The van der Waals surface area contributed by atoms with Crippen molar-refractivity contribution in [3.63, 3.8) is 0 Å². The van der Waals surface area contributed by atoms with Gasteiger partial charge in [-0.2, -0.15) is 0 Å². The van der Waals surface area contributed by atoms with E-state index in [1.54, 1.807) is 0 Å². The smallest absolute Gasteiger partial charge is 0.213 e. The predicted molar refractivity (Wildman–Crippen MR) is 77.5 cm³/mol. The first-order valence-corrected chi connectivity index (χ1v) is 7.14. The summed E-state index contributed by atoms with van der Waals surface area (Å²) >= 11 is 0. The Hall–Kier alpha value is -1.61. The van der Waals surface area contributed by atoms with Gasteiger partial charge in [0.25, 0.3) is 0 Å². The number of pyridine rings is 1. The molecule has 1 aromatic carbocycles. The van der Waals surface area contributed by atoms with Crippen molar-refractivity contribution in [2.45, 2.75) is 31.7 Å². The molecule has 3 heteroatoms. The van der Waals surface area contributed by atoms with Crippen molar-refractivity contribution >= 4 is 10.9 Å². The van der Waals surface area contributed by atoms with E-state index in [0.717, 1.165) is 36.4 Å². The Kier molecular flexibility index (Phi) is 3.94. The van der Waals surface area contributed by atoms with Crippen molar-refractivity contribution in [3.05, 3.63) is 36.4 Å². The number of benzene rings is 1. The normalized spacial score (nSPS) is 19.5. The van der Waals surface area contributed by atoms with Crippen LogP contribution in [0.15, 0.2) is 36.4 Å². The molecule has 0 amide bonds. The Balaban J connectivity index is 1.56. The average molecular weight is 256 g/mol. The molecule has 2 aromatic rings. The summed E-state index contributed by atoms with van der Waals surface area (Å²) in [4.78, 5) is 4.52. The van der Waals surface area contributed by atoms with Crippen LogP contribution >= 0.6 is 0 Å². The Morgan fingerprint density at radius 2 is 2.11 bits per heavy atom. The summed E-state index contributed by atoms with van der Waals surface area (Å²) in [5, 5.41) is 4.69. The minimum atomic E-state index is 0.620. The lowest BCUT2D eigenvalue weighted by Gasteiger charge is -2.23. The molecule has 2 heterocycles. The highest BCUT2D eigenvalue weighted by Crippen LogP contribution is 2.17. The Morgan fingerprint density at radius 1 is 1.16 bits per heavy atom. The maximum atomic E-state index is 5.77. The van der Waals surface area contributed by atoms with Crippen molar-refractivity contribution in [2.75, 3.05) is 13.2 Å². The monoisotopic (exact) mass is 256 g/mol. The Bertz CT molecular complexity index is 535. The number of hydrogen-bond donors (Lipinski definition) is 1. The Labute approximate surface area is 114 Å². The third-order valence-electron chi connectivity index (χ3n) is 3.70. The van der Waals surface area contributed by atoms with Crippen LogP contribution < -0.4 is 10.1 Å². The lowest BCUT2D eigenvalue weighted by atomic mass is 10.0. The second kappa shape index (κ2) is 6.02. The lowest BCUT2D eigenvalue weighted by Crippen LogP contribution is -2.35. The minimum absolute atomic E-state index is 0.620. The van der Waals surface area contributed by atoms with Gasteiger partial charge in [0.2, 0.25) is 5.88 Å². The highest BCUT2D eigenvalue weighted by Gasteiger charge is 2.12. The van der Waals surface area contributed by atoms with E-state index in [1.165, 1.54) is 19.3 Å². The molecule has 0 bridgehead atoms. The molecular formula is C16H20N2O. The minimum Gasteiger partial charge on any atom is -0.478 e. The zero-order valence-corrected chi connectivity index (χ0v) is 11.1. The summed E-state index contributed by atoms with van der Waals surface area (Å²) in [5.41, 5.74) is 0.996. The molecule has 1 N–H and O–H groups in total. The molecule has 1 fully saturated rings. The summed E-state index contributed by atoms with van der Waals surface area (Å²) in [5.74, 6) is 0.731. The van der Waals surface area contributed by atoms with Gasteiger partial charge < -0.3 is 10.1 Å². The summed E-state index contributed by atoms with van der Waals surface area (Å²) in [6.45, 7) is 1.89. The summed E-state index contributed by atoms with van der Waals surface area (Å²) in [7, 11) is 0. The average Bonchev–Trinajstić information content (AvgIpc) is 2.48. The standard InChI is InChI=1S/C16H20N2O/c1-2-7-15-13(5-1)8-9-16(18-15)19-12-10-14-6-3-4-11-17-14/h1-2,5,7-9,14,17H,3-4,6,10-12H2. The van der Waals surface area contributed by atoms with Gasteiger partial charge in [0, 0.05) is 17.5 Å². The van der Waals surface area contributed by atoms with Gasteiger partial charge in [0.15, 0.2) is 0 Å². The molecule has 1 aliphatic rings. The van der Waals surface area contributed by atoms with Gasteiger partial charge in [-0.1, -0.05) is 24.6 Å². The van der Waals surface area contributed by atoms with Crippen molar-refractivity contribution in [3.8, 4) is 5.88 Å². The van der Waals surface area contributed by atoms with Crippen molar-refractivity contribution in [1.29, 1.82) is 0 Å². The molecule has 0 spiro atoms. The molecule has 1 saturated heterocycles. The number of rotatable bonds is 4. The largest absolute Gasteiger partial charge is 0.478 e. The fourth-order valence-electron chi connectivity index (χ4n) is 2.60. The molecule has 3 nitrogen and oxygen atoms in total. The third-order valence-corrected chi connectivity index (χ3v) is 3.70. The van der Waals surface area contributed by atoms with Crippen LogP contribution in [0.3, 0.4) is 0 Å².